The SMILES string of the molecule is CCNC(=O)c1ccc(C)c(-c2nc(C(C)(F)F)[nH]c2C)c1. The normalized spacial score (nSPS) is 11.5. The van der Waals surface area contributed by atoms with Gasteiger partial charge in [-0.15, -0.1) is 0 Å². The highest BCUT2D eigenvalue weighted by atomic mass is 19.3. The van der Waals surface area contributed by atoms with Gasteiger partial charge in [-0.1, -0.05) is 6.07 Å². The van der Waals surface area contributed by atoms with Gasteiger partial charge in [0.05, 0.1) is 5.69 Å². The second-order valence-corrected chi connectivity index (χ2v) is 5.34. The van der Waals surface area contributed by atoms with E-state index in [-0.39, 0.29) is 11.7 Å². The molecular weight excluding hydrogens is 288 g/mol. The smallest absolute Gasteiger partial charge is 0.301 e. The predicted octanol–water partition coefficient (Wildman–Crippen LogP) is 3.55. The van der Waals surface area contributed by atoms with Gasteiger partial charge in [0.1, 0.15) is 0 Å². The number of aromatic amines is 1. The van der Waals surface area contributed by atoms with E-state index in [0.29, 0.717) is 29.1 Å². The summed E-state index contributed by atoms with van der Waals surface area (Å²) in [5.74, 6) is -3.60. The van der Waals surface area contributed by atoms with E-state index in [1.165, 1.54) is 0 Å². The monoisotopic (exact) mass is 307 g/mol. The van der Waals surface area contributed by atoms with Crippen molar-refractivity contribution in [2.75, 3.05) is 6.54 Å². The number of benzene rings is 1. The molecule has 6 heteroatoms. The van der Waals surface area contributed by atoms with Crippen molar-refractivity contribution in [2.24, 2.45) is 0 Å². The summed E-state index contributed by atoms with van der Waals surface area (Å²) in [5.41, 5.74) is 3.02. The van der Waals surface area contributed by atoms with E-state index in [9.17, 15) is 13.6 Å². The minimum absolute atomic E-state index is 0.196. The number of nitrogens with one attached hydrogen (secondary N) is 2. The van der Waals surface area contributed by atoms with Crippen LogP contribution in [0.2, 0.25) is 0 Å². The Labute approximate surface area is 128 Å². The fourth-order valence-electron chi connectivity index (χ4n) is 2.21. The lowest BCUT2D eigenvalue weighted by atomic mass is 10.0. The topological polar surface area (TPSA) is 57.8 Å². The van der Waals surface area contributed by atoms with Crippen LogP contribution >= 0.6 is 0 Å². The van der Waals surface area contributed by atoms with Crippen LogP contribution in [0.25, 0.3) is 11.3 Å². The number of hydrogen-bond donors (Lipinski definition) is 2. The molecule has 2 N–H and O–H groups in total. The molecule has 0 aliphatic carbocycles. The van der Waals surface area contributed by atoms with Crippen molar-refractivity contribution < 1.29 is 13.6 Å². The van der Waals surface area contributed by atoms with E-state index in [0.717, 1.165) is 12.5 Å². The number of H-pyrrole nitrogens is 1. The summed E-state index contributed by atoms with van der Waals surface area (Å²) < 4.78 is 26.8. The lowest BCUT2D eigenvalue weighted by molar-refractivity contribution is 0.00855. The fraction of sp³-hybridized carbons (Fsp3) is 0.375. The van der Waals surface area contributed by atoms with Crippen LogP contribution in [0.3, 0.4) is 0 Å². The van der Waals surface area contributed by atoms with Crippen molar-refractivity contribution in [3.8, 4) is 11.3 Å². The van der Waals surface area contributed by atoms with Crippen LogP contribution in [0.1, 0.15) is 41.3 Å². The molecule has 2 rings (SSSR count). The first-order valence-corrected chi connectivity index (χ1v) is 7.08. The van der Waals surface area contributed by atoms with Crippen LogP contribution in [0, 0.1) is 13.8 Å². The van der Waals surface area contributed by atoms with Gasteiger partial charge < -0.3 is 10.3 Å². The van der Waals surface area contributed by atoms with Gasteiger partial charge in [0.15, 0.2) is 5.82 Å². The number of carbonyl (C=O) groups excluding carboxylic acids is 1. The molecule has 22 heavy (non-hydrogen) atoms. The number of halogens is 2. The zero-order valence-electron chi connectivity index (χ0n) is 13.1. The summed E-state index contributed by atoms with van der Waals surface area (Å²) in [4.78, 5) is 18.6. The lowest BCUT2D eigenvalue weighted by Gasteiger charge is -2.08. The number of nitrogens with zero attached hydrogens (tertiary/aromatic N) is 1. The Morgan fingerprint density at radius 2 is 2.05 bits per heavy atom. The average molecular weight is 307 g/mol. The molecule has 0 atom stereocenters. The molecule has 1 aromatic carbocycles. The van der Waals surface area contributed by atoms with Crippen molar-refractivity contribution in [3.63, 3.8) is 0 Å². The second kappa shape index (κ2) is 5.87. The molecule has 0 aliphatic heterocycles. The number of imidazole rings is 1. The maximum absolute atomic E-state index is 13.4. The van der Waals surface area contributed by atoms with Crippen LogP contribution in [0.4, 0.5) is 8.78 Å². The number of amides is 1. The number of aryl methyl sites for hydroxylation is 2. The number of aromatic nitrogens is 2. The summed E-state index contributed by atoms with van der Waals surface area (Å²) in [6.45, 7) is 6.70. The third kappa shape index (κ3) is 3.16. The number of alkyl halides is 2. The quantitative estimate of drug-likeness (QED) is 0.907. The largest absolute Gasteiger partial charge is 0.352 e. The summed E-state index contributed by atoms with van der Waals surface area (Å²) >= 11 is 0. The van der Waals surface area contributed by atoms with Crippen molar-refractivity contribution in [1.82, 2.24) is 15.3 Å². The second-order valence-electron chi connectivity index (χ2n) is 5.34. The first-order chi connectivity index (χ1) is 10.2. The lowest BCUT2D eigenvalue weighted by Crippen LogP contribution is -2.22. The molecule has 0 saturated heterocycles. The molecule has 0 unspecified atom stereocenters. The first-order valence-electron chi connectivity index (χ1n) is 7.08. The number of rotatable bonds is 4. The highest BCUT2D eigenvalue weighted by Gasteiger charge is 2.29. The molecule has 0 fully saturated rings. The molecule has 1 amide bonds. The van der Waals surface area contributed by atoms with Gasteiger partial charge in [-0.05, 0) is 38.5 Å². The van der Waals surface area contributed by atoms with E-state index in [1.54, 1.807) is 25.1 Å². The standard InChI is InChI=1S/C16H19F2N3O/c1-5-19-14(22)11-7-6-9(2)12(8-11)13-10(3)20-15(21-13)16(4,17)18/h6-8H,5H2,1-4H3,(H,19,22)(H,20,21). The molecule has 2 aromatic rings. The van der Waals surface area contributed by atoms with E-state index in [4.69, 9.17) is 0 Å². The third-order valence-corrected chi connectivity index (χ3v) is 3.39. The van der Waals surface area contributed by atoms with Gasteiger partial charge in [-0.3, -0.25) is 4.79 Å². The highest BCUT2D eigenvalue weighted by molar-refractivity contribution is 5.95. The Hall–Kier alpha value is -2.24. The molecule has 4 nitrogen and oxygen atoms in total. The van der Waals surface area contributed by atoms with Gasteiger partial charge in [-0.2, -0.15) is 8.78 Å². The Balaban J connectivity index is 2.51. The van der Waals surface area contributed by atoms with E-state index in [1.807, 2.05) is 13.8 Å². The Morgan fingerprint density at radius 3 is 2.59 bits per heavy atom. The van der Waals surface area contributed by atoms with Gasteiger partial charge in [0, 0.05) is 30.3 Å². The van der Waals surface area contributed by atoms with Gasteiger partial charge in [-0.25, -0.2) is 4.98 Å². The molecule has 0 bridgehead atoms. The summed E-state index contributed by atoms with van der Waals surface area (Å²) in [6.07, 6.45) is 0. The minimum atomic E-state index is -3.03. The maximum Gasteiger partial charge on any atom is 0.301 e. The molecule has 0 radical (unpaired) electrons. The first kappa shape index (κ1) is 16.1. The Bertz CT molecular complexity index is 702. The molecule has 0 aliphatic rings. The highest BCUT2D eigenvalue weighted by Crippen LogP contribution is 2.31. The molecule has 0 saturated carbocycles. The number of hydrogen-bond acceptors (Lipinski definition) is 2. The molecule has 118 valence electrons. The maximum atomic E-state index is 13.4. The van der Waals surface area contributed by atoms with E-state index < -0.39 is 5.92 Å². The van der Waals surface area contributed by atoms with Crippen molar-refractivity contribution >= 4 is 5.91 Å². The van der Waals surface area contributed by atoms with Crippen LogP contribution in [-0.4, -0.2) is 22.4 Å². The van der Waals surface area contributed by atoms with Crippen LogP contribution in [-0.2, 0) is 5.92 Å². The van der Waals surface area contributed by atoms with Gasteiger partial charge in [0.2, 0.25) is 0 Å². The van der Waals surface area contributed by atoms with Crippen molar-refractivity contribution in [3.05, 3.63) is 40.8 Å². The van der Waals surface area contributed by atoms with Crippen LogP contribution < -0.4 is 5.32 Å². The van der Waals surface area contributed by atoms with Crippen LogP contribution in [0.5, 0.6) is 0 Å². The van der Waals surface area contributed by atoms with Gasteiger partial charge >= 0.3 is 5.92 Å². The fourth-order valence-corrected chi connectivity index (χ4v) is 2.21. The van der Waals surface area contributed by atoms with Crippen LogP contribution in [0.15, 0.2) is 18.2 Å². The summed E-state index contributed by atoms with van der Waals surface area (Å²) in [7, 11) is 0. The van der Waals surface area contributed by atoms with Crippen molar-refractivity contribution in [2.45, 2.75) is 33.6 Å². The Morgan fingerprint density at radius 1 is 1.36 bits per heavy atom. The summed E-state index contributed by atoms with van der Waals surface area (Å²) in [5, 5.41) is 2.72. The molecule has 1 aromatic heterocycles. The van der Waals surface area contributed by atoms with Gasteiger partial charge in [0.25, 0.3) is 5.91 Å². The zero-order chi connectivity index (χ0) is 16.5. The molecule has 0 spiro atoms. The Kier molecular flexibility index (Phi) is 4.30. The molecule has 1 heterocycles. The molecular formula is C16H19F2N3O. The minimum Gasteiger partial charge on any atom is -0.352 e. The zero-order valence-corrected chi connectivity index (χ0v) is 13.1. The summed E-state index contributed by atoms with van der Waals surface area (Å²) in [6, 6.07) is 5.18. The van der Waals surface area contributed by atoms with E-state index in [2.05, 4.69) is 15.3 Å². The van der Waals surface area contributed by atoms with Crippen molar-refractivity contribution in [1.29, 1.82) is 0 Å². The van der Waals surface area contributed by atoms with E-state index >= 15 is 0 Å². The predicted molar refractivity (Wildman–Crippen MR) is 81.1 cm³/mol. The third-order valence-electron chi connectivity index (χ3n) is 3.39. The average Bonchev–Trinajstić information content (AvgIpc) is 2.81. The number of carbonyl (C=O) groups is 1.